The van der Waals surface area contributed by atoms with Gasteiger partial charge in [-0.15, -0.1) is 0 Å². The summed E-state index contributed by atoms with van der Waals surface area (Å²) in [4.78, 5) is 13.3. The third-order valence-electron chi connectivity index (χ3n) is 5.88. The smallest absolute Gasteiger partial charge is 0.246 e. The van der Waals surface area contributed by atoms with Crippen molar-refractivity contribution in [3.63, 3.8) is 0 Å². The van der Waals surface area contributed by atoms with E-state index in [1.165, 1.54) is 0 Å². The van der Waals surface area contributed by atoms with Crippen LogP contribution in [-0.2, 0) is 4.79 Å². The molecule has 1 heterocycles. The van der Waals surface area contributed by atoms with Crippen molar-refractivity contribution in [1.29, 1.82) is 5.26 Å². The third-order valence-corrected chi connectivity index (χ3v) is 5.88. The average Bonchev–Trinajstić information content (AvgIpc) is 2.90. The van der Waals surface area contributed by atoms with Crippen molar-refractivity contribution in [2.75, 3.05) is 11.9 Å². The zero-order valence-electron chi connectivity index (χ0n) is 19.8. The van der Waals surface area contributed by atoms with Crippen LogP contribution >= 0.6 is 0 Å². The van der Waals surface area contributed by atoms with Gasteiger partial charge in [-0.05, 0) is 60.4 Å². The van der Waals surface area contributed by atoms with Crippen LogP contribution in [0, 0.1) is 18.3 Å². The van der Waals surface area contributed by atoms with Gasteiger partial charge in [0.05, 0.1) is 23.0 Å². The average molecular weight is 462 g/mol. The molecule has 1 aromatic heterocycles. The number of rotatable bonds is 8. The first-order valence-corrected chi connectivity index (χ1v) is 11.5. The lowest BCUT2D eigenvalue weighted by Gasteiger charge is -2.22. The van der Waals surface area contributed by atoms with Gasteiger partial charge in [-0.25, -0.2) is 0 Å². The SMILES string of the molecule is Cc1ccc(-c2ccc(NC(=O)[C@@H](NC[C@H](C)c3ccc(C#N)cc3)c3ccccc3)cc2)nn1. The Labute approximate surface area is 205 Å². The second-order valence-electron chi connectivity index (χ2n) is 8.51. The van der Waals surface area contributed by atoms with Gasteiger partial charge in [0, 0.05) is 17.8 Å². The first-order chi connectivity index (χ1) is 17.0. The lowest BCUT2D eigenvalue weighted by Crippen LogP contribution is -2.35. The normalized spacial score (nSPS) is 12.4. The first kappa shape index (κ1) is 23.8. The van der Waals surface area contributed by atoms with Crippen molar-refractivity contribution >= 4 is 11.6 Å². The van der Waals surface area contributed by atoms with Gasteiger partial charge in [0.1, 0.15) is 6.04 Å². The Morgan fingerprint density at radius 3 is 2.23 bits per heavy atom. The highest BCUT2D eigenvalue weighted by Crippen LogP contribution is 2.22. The maximum Gasteiger partial charge on any atom is 0.246 e. The number of carbonyl (C=O) groups is 1. The van der Waals surface area contributed by atoms with Crippen LogP contribution in [0.5, 0.6) is 0 Å². The zero-order valence-corrected chi connectivity index (χ0v) is 19.8. The molecule has 0 saturated heterocycles. The zero-order chi connectivity index (χ0) is 24.6. The monoisotopic (exact) mass is 461 g/mol. The molecule has 0 unspecified atom stereocenters. The van der Waals surface area contributed by atoms with Gasteiger partial charge in [0.25, 0.3) is 0 Å². The van der Waals surface area contributed by atoms with Crippen LogP contribution in [0.4, 0.5) is 5.69 Å². The summed E-state index contributed by atoms with van der Waals surface area (Å²) in [7, 11) is 0. The lowest BCUT2D eigenvalue weighted by molar-refractivity contribution is -0.118. The van der Waals surface area contributed by atoms with Gasteiger partial charge in [-0.1, -0.05) is 61.5 Å². The fourth-order valence-corrected chi connectivity index (χ4v) is 3.80. The van der Waals surface area contributed by atoms with Gasteiger partial charge in [-0.3, -0.25) is 4.79 Å². The summed E-state index contributed by atoms with van der Waals surface area (Å²) in [5.41, 5.74) is 5.93. The number of aryl methyl sites for hydroxylation is 1. The molecule has 6 heteroatoms. The van der Waals surface area contributed by atoms with Crippen molar-refractivity contribution in [2.45, 2.75) is 25.8 Å². The topological polar surface area (TPSA) is 90.7 Å². The minimum absolute atomic E-state index is 0.133. The standard InChI is InChI=1S/C29H27N5O/c1-20(23-11-9-22(18-30)10-12-23)19-31-28(25-6-4-3-5-7-25)29(35)32-26-15-13-24(14-16-26)27-17-8-21(2)33-34-27/h3-17,20,28,31H,19H2,1-2H3,(H,32,35)/t20-,28-/m0/s1. The minimum Gasteiger partial charge on any atom is -0.324 e. The highest BCUT2D eigenvalue weighted by molar-refractivity contribution is 5.95. The van der Waals surface area contributed by atoms with Crippen LogP contribution in [0.15, 0.2) is 91.0 Å². The molecule has 0 saturated carbocycles. The quantitative estimate of drug-likeness (QED) is 0.367. The summed E-state index contributed by atoms with van der Waals surface area (Å²) in [5.74, 6) is 0.0303. The Bertz CT molecular complexity index is 1290. The lowest BCUT2D eigenvalue weighted by atomic mass is 9.98. The Morgan fingerprint density at radius 2 is 1.60 bits per heavy atom. The van der Waals surface area contributed by atoms with Crippen molar-refractivity contribution < 1.29 is 4.79 Å². The molecule has 0 aliphatic rings. The molecule has 1 amide bonds. The number of carbonyl (C=O) groups excluding carboxylic acids is 1. The summed E-state index contributed by atoms with van der Waals surface area (Å²) in [5, 5.41) is 23.8. The van der Waals surface area contributed by atoms with E-state index in [1.54, 1.807) is 0 Å². The number of nitrogens with zero attached hydrogens (tertiary/aromatic N) is 3. The second kappa shape index (κ2) is 11.2. The highest BCUT2D eigenvalue weighted by atomic mass is 16.2. The molecular weight excluding hydrogens is 434 g/mol. The summed E-state index contributed by atoms with van der Waals surface area (Å²) in [6.07, 6.45) is 0. The molecule has 2 N–H and O–H groups in total. The van der Waals surface area contributed by atoms with Crippen molar-refractivity contribution in [2.24, 2.45) is 0 Å². The largest absolute Gasteiger partial charge is 0.324 e. The summed E-state index contributed by atoms with van der Waals surface area (Å²) in [6, 6.07) is 30.3. The van der Waals surface area contributed by atoms with Crippen molar-refractivity contribution in [3.05, 3.63) is 113 Å². The number of nitrogens with one attached hydrogen (secondary N) is 2. The predicted octanol–water partition coefficient (Wildman–Crippen LogP) is 5.40. The second-order valence-corrected chi connectivity index (χ2v) is 8.51. The molecule has 0 aliphatic heterocycles. The van der Waals surface area contributed by atoms with E-state index in [0.29, 0.717) is 17.8 Å². The minimum atomic E-state index is -0.514. The third kappa shape index (κ3) is 6.17. The van der Waals surface area contributed by atoms with E-state index in [-0.39, 0.29) is 11.8 Å². The van der Waals surface area contributed by atoms with Gasteiger partial charge < -0.3 is 10.6 Å². The van der Waals surface area contributed by atoms with Gasteiger partial charge in [-0.2, -0.15) is 15.5 Å². The molecule has 6 nitrogen and oxygen atoms in total. The predicted molar refractivity (Wildman–Crippen MR) is 138 cm³/mol. The Balaban J connectivity index is 1.46. The van der Waals surface area contributed by atoms with E-state index in [1.807, 2.05) is 97.9 Å². The summed E-state index contributed by atoms with van der Waals surface area (Å²) >= 11 is 0. The maximum absolute atomic E-state index is 13.3. The number of nitriles is 1. The van der Waals surface area contributed by atoms with E-state index in [4.69, 9.17) is 5.26 Å². The molecule has 0 aliphatic carbocycles. The number of hydrogen-bond donors (Lipinski definition) is 2. The summed E-state index contributed by atoms with van der Waals surface area (Å²) in [6.45, 7) is 4.60. The van der Waals surface area contributed by atoms with Crippen LogP contribution in [0.1, 0.15) is 41.3 Å². The van der Waals surface area contributed by atoms with Crippen LogP contribution in [0.25, 0.3) is 11.3 Å². The van der Waals surface area contributed by atoms with E-state index in [2.05, 4.69) is 33.8 Å². The highest BCUT2D eigenvalue weighted by Gasteiger charge is 2.21. The molecule has 0 bridgehead atoms. The molecule has 0 spiro atoms. The van der Waals surface area contributed by atoms with Crippen molar-refractivity contribution in [1.82, 2.24) is 15.5 Å². The molecule has 2 atom stereocenters. The Kier molecular flexibility index (Phi) is 7.61. The number of anilines is 1. The maximum atomic E-state index is 13.3. The molecule has 3 aromatic carbocycles. The molecule has 4 rings (SSSR count). The van der Waals surface area contributed by atoms with E-state index >= 15 is 0 Å². The van der Waals surface area contributed by atoms with Gasteiger partial charge in [0.2, 0.25) is 5.91 Å². The van der Waals surface area contributed by atoms with Gasteiger partial charge in [0.15, 0.2) is 0 Å². The van der Waals surface area contributed by atoms with Crippen LogP contribution in [-0.4, -0.2) is 22.6 Å². The van der Waals surface area contributed by atoms with Crippen molar-refractivity contribution in [3.8, 4) is 17.3 Å². The number of amides is 1. The van der Waals surface area contributed by atoms with Crippen LogP contribution in [0.3, 0.4) is 0 Å². The Hall–Kier alpha value is -4.34. The van der Waals surface area contributed by atoms with E-state index < -0.39 is 6.04 Å². The molecule has 4 aromatic rings. The van der Waals surface area contributed by atoms with Crippen LogP contribution < -0.4 is 10.6 Å². The molecule has 0 fully saturated rings. The van der Waals surface area contributed by atoms with E-state index in [0.717, 1.165) is 28.1 Å². The van der Waals surface area contributed by atoms with Crippen LogP contribution in [0.2, 0.25) is 0 Å². The number of aromatic nitrogens is 2. The summed E-state index contributed by atoms with van der Waals surface area (Å²) < 4.78 is 0. The van der Waals surface area contributed by atoms with Gasteiger partial charge >= 0.3 is 0 Å². The fourth-order valence-electron chi connectivity index (χ4n) is 3.80. The fraction of sp³-hybridized carbons (Fsp3) is 0.172. The first-order valence-electron chi connectivity index (χ1n) is 11.5. The Morgan fingerprint density at radius 1 is 0.886 bits per heavy atom. The number of benzene rings is 3. The number of hydrogen-bond acceptors (Lipinski definition) is 5. The molecular formula is C29H27N5O. The molecule has 174 valence electrons. The van der Waals surface area contributed by atoms with E-state index in [9.17, 15) is 4.79 Å². The molecule has 0 radical (unpaired) electrons. The molecule has 35 heavy (non-hydrogen) atoms.